The molecule has 2 aromatic rings. The van der Waals surface area contributed by atoms with Crippen molar-refractivity contribution < 1.29 is 35.9 Å². The number of methoxy groups -OCH3 is 1. The van der Waals surface area contributed by atoms with Crippen LogP contribution in [0.4, 0.5) is 26.3 Å². The minimum atomic E-state index is -4.77. The molecule has 0 fully saturated rings. The van der Waals surface area contributed by atoms with Gasteiger partial charge in [0.2, 0.25) is 0 Å². The van der Waals surface area contributed by atoms with E-state index in [2.05, 4.69) is 4.74 Å². The highest BCUT2D eigenvalue weighted by Crippen LogP contribution is 2.39. The van der Waals surface area contributed by atoms with E-state index in [1.807, 2.05) is 0 Å². The Hall–Kier alpha value is -2.16. The molecule has 0 heterocycles. The van der Waals surface area contributed by atoms with Crippen LogP contribution in [-0.4, -0.2) is 13.1 Å². The molecule has 0 unspecified atom stereocenters. The van der Waals surface area contributed by atoms with Gasteiger partial charge < -0.3 is 4.74 Å². The van der Waals surface area contributed by atoms with Crippen LogP contribution in [0.3, 0.4) is 0 Å². The smallest absolute Gasteiger partial charge is 0.416 e. The molecule has 0 bridgehead atoms. The molecular formula is C18H14F6O2S. The van der Waals surface area contributed by atoms with Crippen LogP contribution >= 0.6 is 11.8 Å². The van der Waals surface area contributed by atoms with Crippen LogP contribution in [0.15, 0.2) is 47.4 Å². The molecule has 0 atom stereocenters. The number of esters is 1. The maximum Gasteiger partial charge on any atom is 0.416 e. The number of alkyl halides is 6. The second-order valence-electron chi connectivity index (χ2n) is 5.52. The van der Waals surface area contributed by atoms with Gasteiger partial charge in [-0.2, -0.15) is 26.3 Å². The second kappa shape index (κ2) is 8.24. The number of hydrogen-bond acceptors (Lipinski definition) is 3. The van der Waals surface area contributed by atoms with Crippen molar-refractivity contribution in [2.75, 3.05) is 7.11 Å². The minimum Gasteiger partial charge on any atom is -0.469 e. The standard InChI is InChI=1S/C18H14F6O2S/c1-26-16(25)9-11-4-2-3-5-15(11)27-10-12-8-13(17(19,20)21)6-7-14(12)18(22,23)24/h2-8H,9-10H2,1H3. The van der Waals surface area contributed by atoms with Gasteiger partial charge in [-0.15, -0.1) is 11.8 Å². The lowest BCUT2D eigenvalue weighted by Gasteiger charge is -2.16. The molecule has 0 saturated carbocycles. The average Bonchev–Trinajstić information content (AvgIpc) is 2.59. The summed E-state index contributed by atoms with van der Waals surface area (Å²) < 4.78 is 82.6. The quantitative estimate of drug-likeness (QED) is 0.359. The zero-order valence-corrected chi connectivity index (χ0v) is 14.8. The molecule has 0 spiro atoms. The van der Waals surface area contributed by atoms with E-state index < -0.39 is 35.0 Å². The van der Waals surface area contributed by atoms with Crippen LogP contribution in [0.25, 0.3) is 0 Å². The predicted octanol–water partition coefficient (Wildman–Crippen LogP) is 5.73. The van der Waals surface area contributed by atoms with E-state index in [-0.39, 0.29) is 12.2 Å². The van der Waals surface area contributed by atoms with Crippen LogP contribution in [0.2, 0.25) is 0 Å². The molecule has 0 amide bonds. The highest BCUT2D eigenvalue weighted by atomic mass is 32.2. The van der Waals surface area contributed by atoms with Gasteiger partial charge in [0, 0.05) is 10.6 Å². The fourth-order valence-electron chi connectivity index (χ4n) is 2.34. The van der Waals surface area contributed by atoms with E-state index in [0.29, 0.717) is 28.7 Å². The monoisotopic (exact) mass is 408 g/mol. The van der Waals surface area contributed by atoms with Crippen molar-refractivity contribution in [3.63, 3.8) is 0 Å². The Balaban J connectivity index is 2.33. The Morgan fingerprint density at radius 1 is 0.963 bits per heavy atom. The topological polar surface area (TPSA) is 26.3 Å². The van der Waals surface area contributed by atoms with E-state index in [1.165, 1.54) is 7.11 Å². The normalized spacial score (nSPS) is 12.1. The number of thioether (sulfide) groups is 1. The molecule has 146 valence electrons. The Bertz CT molecular complexity index is 814. The molecule has 9 heteroatoms. The number of carbonyl (C=O) groups excluding carboxylic acids is 1. The molecule has 0 N–H and O–H groups in total. The first-order chi connectivity index (χ1) is 12.5. The molecule has 0 aliphatic heterocycles. The van der Waals surface area contributed by atoms with E-state index in [0.717, 1.165) is 11.8 Å². The van der Waals surface area contributed by atoms with E-state index in [1.54, 1.807) is 24.3 Å². The van der Waals surface area contributed by atoms with Gasteiger partial charge in [-0.1, -0.05) is 18.2 Å². The van der Waals surface area contributed by atoms with Crippen molar-refractivity contribution in [2.24, 2.45) is 0 Å². The first-order valence-corrected chi connectivity index (χ1v) is 8.55. The van der Waals surface area contributed by atoms with Crippen molar-refractivity contribution in [3.05, 3.63) is 64.7 Å². The highest BCUT2D eigenvalue weighted by Gasteiger charge is 2.36. The first-order valence-electron chi connectivity index (χ1n) is 7.57. The van der Waals surface area contributed by atoms with Gasteiger partial charge in [0.25, 0.3) is 0 Å². The SMILES string of the molecule is COC(=O)Cc1ccccc1SCc1cc(C(F)(F)F)ccc1C(F)(F)F. The minimum absolute atomic E-state index is 0.0889. The molecule has 0 aliphatic carbocycles. The van der Waals surface area contributed by atoms with Gasteiger partial charge in [0.05, 0.1) is 24.7 Å². The Morgan fingerprint density at radius 2 is 1.63 bits per heavy atom. The number of halogens is 6. The number of ether oxygens (including phenoxy) is 1. The van der Waals surface area contributed by atoms with Crippen LogP contribution in [-0.2, 0) is 34.1 Å². The fraction of sp³-hybridized carbons (Fsp3) is 0.278. The molecule has 27 heavy (non-hydrogen) atoms. The molecular weight excluding hydrogens is 394 g/mol. The summed E-state index contributed by atoms with van der Waals surface area (Å²) in [5.74, 6) is -0.866. The highest BCUT2D eigenvalue weighted by molar-refractivity contribution is 7.98. The van der Waals surface area contributed by atoms with E-state index in [4.69, 9.17) is 0 Å². The Morgan fingerprint density at radius 3 is 2.22 bits per heavy atom. The summed E-state index contributed by atoms with van der Waals surface area (Å²) >= 11 is 0.927. The summed E-state index contributed by atoms with van der Waals surface area (Å²) in [4.78, 5) is 11.9. The summed E-state index contributed by atoms with van der Waals surface area (Å²) in [6.45, 7) is 0. The van der Waals surface area contributed by atoms with E-state index in [9.17, 15) is 31.1 Å². The second-order valence-corrected chi connectivity index (χ2v) is 6.53. The van der Waals surface area contributed by atoms with Crippen molar-refractivity contribution in [1.82, 2.24) is 0 Å². The number of carbonyl (C=O) groups is 1. The first kappa shape index (κ1) is 21.1. The zero-order chi connectivity index (χ0) is 20.2. The van der Waals surface area contributed by atoms with Crippen molar-refractivity contribution in [2.45, 2.75) is 29.4 Å². The van der Waals surface area contributed by atoms with Crippen LogP contribution < -0.4 is 0 Å². The van der Waals surface area contributed by atoms with Crippen LogP contribution in [0.1, 0.15) is 22.3 Å². The predicted molar refractivity (Wildman–Crippen MR) is 88.2 cm³/mol. The molecule has 2 rings (SSSR count). The number of hydrogen-bond donors (Lipinski definition) is 0. The molecule has 2 nitrogen and oxygen atoms in total. The summed E-state index contributed by atoms with van der Waals surface area (Å²) in [5, 5.41) is 0. The molecule has 0 radical (unpaired) electrons. The molecule has 0 saturated heterocycles. The summed E-state index contributed by atoms with van der Waals surface area (Å²) in [7, 11) is 1.20. The van der Waals surface area contributed by atoms with Gasteiger partial charge in [0.15, 0.2) is 0 Å². The van der Waals surface area contributed by atoms with Gasteiger partial charge in [-0.3, -0.25) is 4.79 Å². The Kier molecular flexibility index (Phi) is 6.46. The average molecular weight is 408 g/mol. The Labute approximate surface area is 155 Å². The van der Waals surface area contributed by atoms with Gasteiger partial charge in [-0.25, -0.2) is 0 Å². The van der Waals surface area contributed by atoms with Gasteiger partial charge in [0.1, 0.15) is 0 Å². The van der Waals surface area contributed by atoms with Crippen LogP contribution in [0.5, 0.6) is 0 Å². The third-order valence-corrected chi connectivity index (χ3v) is 4.82. The fourth-order valence-corrected chi connectivity index (χ4v) is 3.39. The third kappa shape index (κ3) is 5.66. The third-order valence-electron chi connectivity index (χ3n) is 3.66. The largest absolute Gasteiger partial charge is 0.469 e. The summed E-state index contributed by atoms with van der Waals surface area (Å²) in [6.07, 6.45) is -9.60. The lowest BCUT2D eigenvalue weighted by Crippen LogP contribution is -2.12. The lowest BCUT2D eigenvalue weighted by atomic mass is 10.0. The number of benzene rings is 2. The van der Waals surface area contributed by atoms with Crippen molar-refractivity contribution >= 4 is 17.7 Å². The van der Waals surface area contributed by atoms with Crippen molar-refractivity contribution in [3.8, 4) is 0 Å². The zero-order valence-electron chi connectivity index (χ0n) is 13.9. The van der Waals surface area contributed by atoms with Gasteiger partial charge in [-0.05, 0) is 35.4 Å². The summed E-state index contributed by atoms with van der Waals surface area (Å²) in [5.41, 5.74) is -2.22. The van der Waals surface area contributed by atoms with Crippen molar-refractivity contribution in [1.29, 1.82) is 0 Å². The lowest BCUT2D eigenvalue weighted by molar-refractivity contribution is -0.141. The molecule has 2 aromatic carbocycles. The molecule has 0 aromatic heterocycles. The maximum absolute atomic E-state index is 13.1. The van der Waals surface area contributed by atoms with Gasteiger partial charge >= 0.3 is 18.3 Å². The summed E-state index contributed by atoms with van der Waals surface area (Å²) in [6, 6.07) is 7.84. The number of rotatable bonds is 5. The van der Waals surface area contributed by atoms with E-state index >= 15 is 0 Å². The molecule has 0 aliphatic rings. The maximum atomic E-state index is 13.1. The van der Waals surface area contributed by atoms with Crippen LogP contribution in [0, 0.1) is 0 Å².